The number of hydrogen-bond acceptors (Lipinski definition) is 2. The van der Waals surface area contributed by atoms with E-state index in [1.54, 1.807) is 12.1 Å². The minimum atomic E-state index is -0.393. The van der Waals surface area contributed by atoms with Crippen LogP contribution in [0.5, 0.6) is 0 Å². The predicted octanol–water partition coefficient (Wildman–Crippen LogP) is 5.39. The standard InChI is InChI=1S/C27H28FN5O/c1-4-23-22-17-32(27(34)29-18(2)3)25(19-12-14-20(28)15-13-19)24-11-8-16-31(24)26(22)33(30-23)21-9-6-5-7-10-21/h5-16,18,25H,4,17H2,1-3H3,(H,29,34)/t25-/m1/s1. The molecule has 5 rings (SSSR count). The molecule has 2 amide bonds. The molecule has 3 heterocycles. The molecule has 0 unspecified atom stereocenters. The monoisotopic (exact) mass is 457 g/mol. The Morgan fingerprint density at radius 3 is 2.50 bits per heavy atom. The molecule has 2 aromatic carbocycles. The fourth-order valence-electron chi connectivity index (χ4n) is 4.67. The van der Waals surface area contributed by atoms with Crippen LogP contribution in [0.15, 0.2) is 72.9 Å². The first kappa shape index (κ1) is 21.9. The van der Waals surface area contributed by atoms with Crippen molar-refractivity contribution in [3.8, 4) is 11.5 Å². The average Bonchev–Trinajstić information content (AvgIpc) is 3.41. The minimum absolute atomic E-state index is 0.0198. The van der Waals surface area contributed by atoms with E-state index in [-0.39, 0.29) is 17.9 Å². The Balaban J connectivity index is 1.76. The topological polar surface area (TPSA) is 55.1 Å². The molecule has 0 radical (unpaired) electrons. The molecule has 0 bridgehead atoms. The van der Waals surface area contributed by atoms with Crippen LogP contribution in [0.1, 0.15) is 49.3 Å². The van der Waals surface area contributed by atoms with Crippen LogP contribution in [0.25, 0.3) is 11.5 Å². The second-order valence-corrected chi connectivity index (χ2v) is 8.84. The Labute approximate surface area is 198 Å². The summed E-state index contributed by atoms with van der Waals surface area (Å²) in [5, 5.41) is 8.01. The Morgan fingerprint density at radius 1 is 1.09 bits per heavy atom. The number of nitrogens with zero attached hydrogens (tertiary/aromatic N) is 4. The molecule has 0 saturated carbocycles. The number of rotatable bonds is 4. The van der Waals surface area contributed by atoms with Gasteiger partial charge in [0.15, 0.2) is 0 Å². The van der Waals surface area contributed by atoms with E-state index in [0.717, 1.165) is 40.4 Å². The zero-order chi connectivity index (χ0) is 23.8. The number of halogens is 1. The number of fused-ring (bicyclic) bond motifs is 3. The van der Waals surface area contributed by atoms with Gasteiger partial charge in [-0.15, -0.1) is 0 Å². The van der Waals surface area contributed by atoms with Crippen molar-refractivity contribution in [2.75, 3.05) is 0 Å². The highest BCUT2D eigenvalue weighted by atomic mass is 19.1. The molecule has 0 spiro atoms. The van der Waals surface area contributed by atoms with E-state index in [1.165, 1.54) is 12.1 Å². The number of amides is 2. The molecule has 1 atom stereocenters. The number of benzene rings is 2. The molecule has 7 heteroatoms. The molecule has 1 aliphatic rings. The molecule has 2 aromatic heterocycles. The van der Waals surface area contributed by atoms with Crippen molar-refractivity contribution in [1.82, 2.24) is 24.6 Å². The van der Waals surface area contributed by atoms with Crippen molar-refractivity contribution >= 4 is 6.03 Å². The van der Waals surface area contributed by atoms with Gasteiger partial charge in [0.1, 0.15) is 11.6 Å². The fraction of sp³-hybridized carbons (Fsp3) is 0.259. The highest BCUT2D eigenvalue weighted by Crippen LogP contribution is 2.38. The maximum Gasteiger partial charge on any atom is 0.318 e. The highest BCUT2D eigenvalue weighted by Gasteiger charge is 2.36. The summed E-state index contributed by atoms with van der Waals surface area (Å²) < 4.78 is 17.9. The zero-order valence-electron chi connectivity index (χ0n) is 19.6. The Morgan fingerprint density at radius 2 is 1.82 bits per heavy atom. The summed E-state index contributed by atoms with van der Waals surface area (Å²) in [7, 11) is 0. The van der Waals surface area contributed by atoms with Gasteiger partial charge in [0.25, 0.3) is 0 Å². The van der Waals surface area contributed by atoms with Crippen LogP contribution in [0.4, 0.5) is 9.18 Å². The van der Waals surface area contributed by atoms with E-state index in [9.17, 15) is 9.18 Å². The Kier molecular flexibility index (Phi) is 5.69. The predicted molar refractivity (Wildman–Crippen MR) is 130 cm³/mol. The number of aryl methyl sites for hydroxylation is 1. The highest BCUT2D eigenvalue weighted by molar-refractivity contribution is 5.76. The molecular weight excluding hydrogens is 429 g/mol. The van der Waals surface area contributed by atoms with E-state index >= 15 is 0 Å². The summed E-state index contributed by atoms with van der Waals surface area (Å²) in [6.07, 6.45) is 2.74. The lowest BCUT2D eigenvalue weighted by Crippen LogP contribution is -2.44. The SMILES string of the molecule is CCc1nn(-c2ccccc2)c2c1CN(C(=O)NC(C)C)[C@H](c1ccc(F)cc1)c1cccn1-2. The van der Waals surface area contributed by atoms with E-state index in [4.69, 9.17) is 5.10 Å². The normalized spacial score (nSPS) is 15.1. The van der Waals surface area contributed by atoms with Crippen LogP contribution in [0.3, 0.4) is 0 Å². The Hall–Kier alpha value is -3.87. The van der Waals surface area contributed by atoms with Gasteiger partial charge in [-0.1, -0.05) is 37.3 Å². The molecule has 34 heavy (non-hydrogen) atoms. The molecule has 0 aliphatic carbocycles. The number of para-hydroxylation sites is 1. The second-order valence-electron chi connectivity index (χ2n) is 8.84. The maximum absolute atomic E-state index is 13.8. The third kappa shape index (κ3) is 3.77. The number of carbonyl (C=O) groups excluding carboxylic acids is 1. The zero-order valence-corrected chi connectivity index (χ0v) is 19.6. The van der Waals surface area contributed by atoms with Crippen molar-refractivity contribution in [3.63, 3.8) is 0 Å². The molecule has 1 aliphatic heterocycles. The molecule has 1 N–H and O–H groups in total. The first-order chi connectivity index (χ1) is 16.5. The van der Waals surface area contributed by atoms with Crippen LogP contribution in [0, 0.1) is 5.82 Å². The fourth-order valence-corrected chi connectivity index (χ4v) is 4.67. The lowest BCUT2D eigenvalue weighted by Gasteiger charge is -2.31. The lowest BCUT2D eigenvalue weighted by atomic mass is 10.0. The molecule has 0 saturated heterocycles. The summed E-state index contributed by atoms with van der Waals surface area (Å²) in [6.45, 7) is 6.35. The van der Waals surface area contributed by atoms with E-state index in [1.807, 2.05) is 72.1 Å². The van der Waals surface area contributed by atoms with E-state index in [2.05, 4.69) is 16.8 Å². The second kappa shape index (κ2) is 8.82. The quantitative estimate of drug-likeness (QED) is 0.447. The third-order valence-electron chi connectivity index (χ3n) is 6.16. The van der Waals surface area contributed by atoms with Gasteiger partial charge in [-0.3, -0.25) is 0 Å². The van der Waals surface area contributed by atoms with Gasteiger partial charge in [0.2, 0.25) is 0 Å². The van der Waals surface area contributed by atoms with Crippen molar-refractivity contribution in [2.24, 2.45) is 0 Å². The van der Waals surface area contributed by atoms with Crippen LogP contribution < -0.4 is 5.32 Å². The van der Waals surface area contributed by atoms with E-state index < -0.39 is 6.04 Å². The average molecular weight is 458 g/mol. The number of hydrogen-bond donors (Lipinski definition) is 1. The van der Waals surface area contributed by atoms with Gasteiger partial charge < -0.3 is 14.8 Å². The van der Waals surface area contributed by atoms with Crippen LogP contribution in [0.2, 0.25) is 0 Å². The smallest absolute Gasteiger partial charge is 0.318 e. The van der Waals surface area contributed by atoms with Gasteiger partial charge in [-0.2, -0.15) is 5.10 Å². The summed E-state index contributed by atoms with van der Waals surface area (Å²) in [4.78, 5) is 15.4. The number of aromatic nitrogens is 3. The third-order valence-corrected chi connectivity index (χ3v) is 6.16. The van der Waals surface area contributed by atoms with Gasteiger partial charge in [-0.25, -0.2) is 13.9 Å². The van der Waals surface area contributed by atoms with Crippen molar-refractivity contribution in [2.45, 2.75) is 45.8 Å². The number of nitrogens with one attached hydrogen (secondary N) is 1. The molecular formula is C27H28FN5O. The summed E-state index contributed by atoms with van der Waals surface area (Å²) in [5.41, 5.74) is 4.68. The van der Waals surface area contributed by atoms with Gasteiger partial charge >= 0.3 is 6.03 Å². The number of urea groups is 1. The largest absolute Gasteiger partial charge is 0.336 e. The van der Waals surface area contributed by atoms with Crippen molar-refractivity contribution < 1.29 is 9.18 Å². The van der Waals surface area contributed by atoms with Crippen LogP contribution >= 0.6 is 0 Å². The van der Waals surface area contributed by atoms with Gasteiger partial charge in [0, 0.05) is 17.8 Å². The molecule has 6 nitrogen and oxygen atoms in total. The molecule has 174 valence electrons. The summed E-state index contributed by atoms with van der Waals surface area (Å²) in [6, 6.07) is 19.9. The lowest BCUT2D eigenvalue weighted by molar-refractivity contribution is 0.178. The first-order valence-electron chi connectivity index (χ1n) is 11.6. The number of carbonyl (C=O) groups is 1. The van der Waals surface area contributed by atoms with E-state index in [0.29, 0.717) is 6.54 Å². The maximum atomic E-state index is 13.8. The minimum Gasteiger partial charge on any atom is -0.336 e. The Bertz CT molecular complexity index is 1310. The van der Waals surface area contributed by atoms with Crippen LogP contribution in [-0.2, 0) is 13.0 Å². The molecule has 0 fully saturated rings. The van der Waals surface area contributed by atoms with Crippen molar-refractivity contribution in [3.05, 3.63) is 101 Å². The summed E-state index contributed by atoms with van der Waals surface area (Å²) >= 11 is 0. The van der Waals surface area contributed by atoms with Gasteiger partial charge in [0.05, 0.1) is 29.7 Å². The first-order valence-corrected chi connectivity index (χ1v) is 11.6. The van der Waals surface area contributed by atoms with Crippen molar-refractivity contribution in [1.29, 1.82) is 0 Å². The van der Waals surface area contributed by atoms with Gasteiger partial charge in [-0.05, 0) is 62.2 Å². The molecule has 4 aromatic rings. The van der Waals surface area contributed by atoms with Crippen LogP contribution in [-0.4, -0.2) is 31.3 Å². The summed E-state index contributed by atoms with van der Waals surface area (Å²) in [5.74, 6) is 0.622.